The van der Waals surface area contributed by atoms with Crippen LogP contribution in [0.3, 0.4) is 0 Å². The minimum Gasteiger partial charge on any atom is -0.496 e. The molecule has 100 valence electrons. The van der Waals surface area contributed by atoms with E-state index in [0.29, 0.717) is 0 Å². The first-order chi connectivity index (χ1) is 9.02. The Morgan fingerprint density at radius 2 is 1.47 bits per heavy atom. The maximum Gasteiger partial charge on any atom is 0.124 e. The number of methoxy groups -OCH3 is 1. The molecule has 19 heavy (non-hydrogen) atoms. The number of rotatable bonds is 3. The summed E-state index contributed by atoms with van der Waals surface area (Å²) < 4.78 is 5.37. The van der Waals surface area contributed by atoms with E-state index in [0.717, 1.165) is 33.7 Å². The lowest BCUT2D eigenvalue weighted by Crippen LogP contribution is -2.12. The van der Waals surface area contributed by atoms with Crippen LogP contribution < -0.4 is 16.2 Å². The van der Waals surface area contributed by atoms with E-state index in [1.54, 1.807) is 7.11 Å². The van der Waals surface area contributed by atoms with E-state index in [1.807, 2.05) is 38.1 Å². The SMILES string of the molecule is COc1c(C)cc(C(N)c2ccc(N)cc2)cc1C. The lowest BCUT2D eigenvalue weighted by molar-refractivity contribution is 0.408. The number of hydrogen-bond donors (Lipinski definition) is 2. The average molecular weight is 256 g/mol. The first-order valence-corrected chi connectivity index (χ1v) is 6.29. The Kier molecular flexibility index (Phi) is 3.76. The standard InChI is InChI=1S/C16H20N2O/c1-10-8-13(9-11(2)16(10)19-3)15(18)12-4-6-14(17)7-5-12/h4-9,15H,17-18H2,1-3H3. The minimum absolute atomic E-state index is 0.149. The highest BCUT2D eigenvalue weighted by atomic mass is 16.5. The van der Waals surface area contributed by atoms with Crippen LogP contribution in [0.15, 0.2) is 36.4 Å². The zero-order valence-electron chi connectivity index (χ0n) is 11.6. The molecule has 0 amide bonds. The van der Waals surface area contributed by atoms with Gasteiger partial charge in [0.1, 0.15) is 5.75 Å². The first-order valence-electron chi connectivity index (χ1n) is 6.29. The van der Waals surface area contributed by atoms with Crippen molar-refractivity contribution in [2.75, 3.05) is 12.8 Å². The predicted molar refractivity (Wildman–Crippen MR) is 79.4 cm³/mol. The second-order valence-electron chi connectivity index (χ2n) is 4.83. The molecule has 0 fully saturated rings. The van der Waals surface area contributed by atoms with Crippen LogP contribution in [0.4, 0.5) is 5.69 Å². The van der Waals surface area contributed by atoms with Crippen molar-refractivity contribution in [1.82, 2.24) is 0 Å². The van der Waals surface area contributed by atoms with Crippen molar-refractivity contribution >= 4 is 5.69 Å². The maximum atomic E-state index is 6.31. The van der Waals surface area contributed by atoms with Crippen molar-refractivity contribution < 1.29 is 4.74 Å². The Labute approximate surface area is 114 Å². The molecule has 0 saturated heterocycles. The monoisotopic (exact) mass is 256 g/mol. The molecular weight excluding hydrogens is 236 g/mol. The van der Waals surface area contributed by atoms with Crippen LogP contribution in [0.2, 0.25) is 0 Å². The summed E-state index contributed by atoms with van der Waals surface area (Å²) in [6.07, 6.45) is 0. The molecule has 2 aromatic rings. The van der Waals surface area contributed by atoms with Gasteiger partial charge in [-0.15, -0.1) is 0 Å². The second kappa shape index (κ2) is 5.33. The van der Waals surface area contributed by atoms with E-state index in [2.05, 4.69) is 12.1 Å². The third-order valence-corrected chi connectivity index (χ3v) is 3.34. The van der Waals surface area contributed by atoms with Crippen molar-refractivity contribution in [3.8, 4) is 5.75 Å². The Morgan fingerprint density at radius 3 is 1.95 bits per heavy atom. The Hall–Kier alpha value is -2.00. The van der Waals surface area contributed by atoms with Gasteiger partial charge in [0, 0.05) is 5.69 Å². The van der Waals surface area contributed by atoms with Gasteiger partial charge in [-0.1, -0.05) is 24.3 Å². The molecule has 4 N–H and O–H groups in total. The third kappa shape index (κ3) is 2.71. The van der Waals surface area contributed by atoms with Gasteiger partial charge in [-0.05, 0) is 48.2 Å². The smallest absolute Gasteiger partial charge is 0.124 e. The Bertz CT molecular complexity index is 553. The van der Waals surface area contributed by atoms with Crippen LogP contribution in [-0.2, 0) is 0 Å². The van der Waals surface area contributed by atoms with E-state index < -0.39 is 0 Å². The van der Waals surface area contributed by atoms with Crippen molar-refractivity contribution in [1.29, 1.82) is 0 Å². The summed E-state index contributed by atoms with van der Waals surface area (Å²) in [6.45, 7) is 4.07. The molecule has 1 atom stereocenters. The molecular formula is C16H20N2O. The molecule has 0 radical (unpaired) electrons. The van der Waals surface area contributed by atoms with Gasteiger partial charge in [0.15, 0.2) is 0 Å². The summed E-state index contributed by atoms with van der Waals surface area (Å²) >= 11 is 0. The maximum absolute atomic E-state index is 6.31. The lowest BCUT2D eigenvalue weighted by Gasteiger charge is -2.17. The quantitative estimate of drug-likeness (QED) is 0.830. The fraction of sp³-hybridized carbons (Fsp3) is 0.250. The van der Waals surface area contributed by atoms with Crippen molar-refractivity contribution in [3.05, 3.63) is 58.7 Å². The van der Waals surface area contributed by atoms with E-state index in [9.17, 15) is 0 Å². The molecule has 3 nitrogen and oxygen atoms in total. The van der Waals surface area contributed by atoms with Gasteiger partial charge in [0.05, 0.1) is 13.2 Å². The van der Waals surface area contributed by atoms with Gasteiger partial charge in [-0.2, -0.15) is 0 Å². The number of ether oxygens (including phenoxy) is 1. The van der Waals surface area contributed by atoms with Crippen molar-refractivity contribution in [2.45, 2.75) is 19.9 Å². The van der Waals surface area contributed by atoms with Crippen LogP contribution in [0, 0.1) is 13.8 Å². The van der Waals surface area contributed by atoms with Gasteiger partial charge in [0.25, 0.3) is 0 Å². The summed E-state index contributed by atoms with van der Waals surface area (Å²) in [6, 6.07) is 11.7. The summed E-state index contributed by atoms with van der Waals surface area (Å²) in [4.78, 5) is 0. The molecule has 1 unspecified atom stereocenters. The van der Waals surface area contributed by atoms with Gasteiger partial charge >= 0.3 is 0 Å². The molecule has 0 bridgehead atoms. The third-order valence-electron chi connectivity index (χ3n) is 3.34. The molecule has 0 saturated carbocycles. The minimum atomic E-state index is -0.149. The van der Waals surface area contributed by atoms with E-state index >= 15 is 0 Å². The number of nitrogen functional groups attached to an aromatic ring is 1. The summed E-state index contributed by atoms with van der Waals surface area (Å²) in [5.41, 5.74) is 17.1. The molecule has 0 spiro atoms. The fourth-order valence-corrected chi connectivity index (χ4v) is 2.38. The number of anilines is 1. The predicted octanol–water partition coefficient (Wildman–Crippen LogP) is 2.94. The highest BCUT2D eigenvalue weighted by molar-refractivity contribution is 5.47. The van der Waals surface area contributed by atoms with Gasteiger partial charge in [0.2, 0.25) is 0 Å². The number of aryl methyl sites for hydroxylation is 2. The summed E-state index contributed by atoms with van der Waals surface area (Å²) in [5.74, 6) is 0.924. The Balaban J connectivity index is 2.39. The molecule has 0 aromatic heterocycles. The Morgan fingerprint density at radius 1 is 0.947 bits per heavy atom. The molecule has 2 rings (SSSR count). The first kappa shape index (κ1) is 13.4. The van der Waals surface area contributed by atoms with Gasteiger partial charge in [-0.25, -0.2) is 0 Å². The number of nitrogens with two attached hydrogens (primary N) is 2. The zero-order valence-corrected chi connectivity index (χ0v) is 11.6. The topological polar surface area (TPSA) is 61.3 Å². The van der Waals surface area contributed by atoms with Crippen LogP contribution in [0.5, 0.6) is 5.75 Å². The zero-order chi connectivity index (χ0) is 14.0. The highest BCUT2D eigenvalue weighted by Gasteiger charge is 2.12. The van der Waals surface area contributed by atoms with E-state index in [-0.39, 0.29) is 6.04 Å². The molecule has 2 aromatic carbocycles. The average Bonchev–Trinajstić information content (AvgIpc) is 2.38. The van der Waals surface area contributed by atoms with Gasteiger partial charge in [-0.3, -0.25) is 0 Å². The molecule has 0 aliphatic rings. The fourth-order valence-electron chi connectivity index (χ4n) is 2.38. The van der Waals surface area contributed by atoms with Crippen molar-refractivity contribution in [3.63, 3.8) is 0 Å². The van der Waals surface area contributed by atoms with Crippen LogP contribution >= 0.6 is 0 Å². The number of hydrogen-bond acceptors (Lipinski definition) is 3. The lowest BCUT2D eigenvalue weighted by atomic mass is 9.95. The largest absolute Gasteiger partial charge is 0.496 e. The van der Waals surface area contributed by atoms with E-state index in [1.165, 1.54) is 0 Å². The molecule has 0 heterocycles. The highest BCUT2D eigenvalue weighted by Crippen LogP contribution is 2.29. The normalized spacial score (nSPS) is 12.2. The molecule has 0 aliphatic carbocycles. The second-order valence-corrected chi connectivity index (χ2v) is 4.83. The van der Waals surface area contributed by atoms with E-state index in [4.69, 9.17) is 16.2 Å². The van der Waals surface area contributed by atoms with Crippen LogP contribution in [0.1, 0.15) is 28.3 Å². The molecule has 3 heteroatoms. The molecule has 0 aliphatic heterocycles. The van der Waals surface area contributed by atoms with Crippen molar-refractivity contribution in [2.24, 2.45) is 5.73 Å². The van der Waals surface area contributed by atoms with Gasteiger partial charge < -0.3 is 16.2 Å². The summed E-state index contributed by atoms with van der Waals surface area (Å²) in [5, 5.41) is 0. The summed E-state index contributed by atoms with van der Waals surface area (Å²) in [7, 11) is 1.69. The van der Waals surface area contributed by atoms with Crippen LogP contribution in [-0.4, -0.2) is 7.11 Å². The number of benzene rings is 2. The van der Waals surface area contributed by atoms with Crippen LogP contribution in [0.25, 0.3) is 0 Å².